The topological polar surface area (TPSA) is 55.9 Å². The first-order valence-corrected chi connectivity index (χ1v) is 5.78. The Balaban J connectivity index is 2.47. The maximum absolute atomic E-state index is 6.10. The lowest BCUT2D eigenvalue weighted by atomic mass is 10.0. The van der Waals surface area contributed by atoms with Crippen molar-refractivity contribution in [1.29, 1.82) is 0 Å². The number of hydrogen-bond donors (Lipinski definition) is 2. The van der Waals surface area contributed by atoms with E-state index in [4.69, 9.17) is 29.0 Å². The highest BCUT2D eigenvalue weighted by Gasteiger charge is 2.19. The minimum absolute atomic E-state index is 0.242. The molecule has 0 radical (unpaired) electrons. The first-order valence-electron chi connectivity index (χ1n) is 5.02. The Labute approximate surface area is 109 Å². The third kappa shape index (κ3) is 2.45. The molecule has 0 bridgehead atoms. The zero-order valence-electron chi connectivity index (χ0n) is 9.19. The summed E-state index contributed by atoms with van der Waals surface area (Å²) in [5.41, 5.74) is 4.46. The Bertz CT molecular complexity index is 504. The van der Waals surface area contributed by atoms with E-state index in [1.54, 1.807) is 10.9 Å². The van der Waals surface area contributed by atoms with Gasteiger partial charge in [-0.1, -0.05) is 35.3 Å². The van der Waals surface area contributed by atoms with E-state index in [9.17, 15) is 0 Å². The van der Waals surface area contributed by atoms with Crippen LogP contribution in [0.3, 0.4) is 0 Å². The van der Waals surface area contributed by atoms with Crippen LogP contribution in [-0.2, 0) is 7.05 Å². The molecule has 0 fully saturated rings. The van der Waals surface area contributed by atoms with Crippen LogP contribution in [0.25, 0.3) is 0 Å². The molecule has 0 saturated heterocycles. The maximum Gasteiger partial charge on any atom is 0.0893 e. The quantitative estimate of drug-likeness (QED) is 0.665. The minimum atomic E-state index is -0.242. The van der Waals surface area contributed by atoms with Crippen LogP contribution in [0.5, 0.6) is 0 Å². The van der Waals surface area contributed by atoms with Crippen LogP contribution < -0.4 is 11.3 Å². The van der Waals surface area contributed by atoms with E-state index in [-0.39, 0.29) is 6.04 Å². The Kier molecular flexibility index (Phi) is 3.69. The van der Waals surface area contributed by atoms with Gasteiger partial charge in [-0.3, -0.25) is 10.5 Å². The van der Waals surface area contributed by atoms with E-state index in [1.165, 1.54) is 0 Å². The smallest absolute Gasteiger partial charge is 0.0893 e. The molecule has 6 heteroatoms. The molecule has 1 heterocycles. The predicted molar refractivity (Wildman–Crippen MR) is 68.8 cm³/mol. The summed E-state index contributed by atoms with van der Waals surface area (Å²) in [5, 5.41) is 5.31. The van der Waals surface area contributed by atoms with E-state index in [1.807, 2.05) is 31.3 Å². The van der Waals surface area contributed by atoms with Crippen molar-refractivity contribution in [2.45, 2.75) is 6.04 Å². The van der Waals surface area contributed by atoms with Crippen molar-refractivity contribution >= 4 is 23.2 Å². The van der Waals surface area contributed by atoms with Gasteiger partial charge >= 0.3 is 0 Å². The molecule has 90 valence electrons. The second kappa shape index (κ2) is 5.06. The molecule has 0 aliphatic rings. The van der Waals surface area contributed by atoms with Crippen LogP contribution in [0.4, 0.5) is 0 Å². The summed E-state index contributed by atoms with van der Waals surface area (Å²) in [7, 11) is 1.82. The first-order chi connectivity index (χ1) is 8.13. The number of nitrogens with zero attached hydrogens (tertiary/aromatic N) is 2. The second-order valence-electron chi connectivity index (χ2n) is 3.66. The molecule has 0 spiro atoms. The summed E-state index contributed by atoms with van der Waals surface area (Å²) in [6.45, 7) is 0. The fraction of sp³-hybridized carbons (Fsp3) is 0.182. The lowest BCUT2D eigenvalue weighted by Crippen LogP contribution is -2.30. The highest BCUT2D eigenvalue weighted by molar-refractivity contribution is 6.31. The van der Waals surface area contributed by atoms with E-state index in [0.717, 1.165) is 11.3 Å². The normalized spacial score (nSPS) is 12.7. The molecule has 2 aromatic rings. The van der Waals surface area contributed by atoms with Crippen LogP contribution >= 0.6 is 23.2 Å². The van der Waals surface area contributed by atoms with E-state index in [0.29, 0.717) is 10.0 Å². The number of hydrogen-bond acceptors (Lipinski definition) is 3. The standard InChI is InChI=1S/C11H12Cl2N4/c1-17-11(9(13)6-15-17)10(16-14)7-3-2-4-8(12)5-7/h2-6,10,16H,14H2,1H3. The number of benzene rings is 1. The highest BCUT2D eigenvalue weighted by atomic mass is 35.5. The Hall–Kier alpha value is -1.07. The van der Waals surface area contributed by atoms with Crippen LogP contribution in [0, 0.1) is 0 Å². The third-order valence-corrected chi connectivity index (χ3v) is 3.09. The van der Waals surface area contributed by atoms with Gasteiger partial charge in [-0.25, -0.2) is 5.43 Å². The number of nitrogens with two attached hydrogens (primary N) is 1. The average molecular weight is 271 g/mol. The molecule has 1 atom stereocenters. The van der Waals surface area contributed by atoms with Crippen molar-refractivity contribution in [2.75, 3.05) is 0 Å². The molecule has 2 rings (SSSR count). The molecule has 1 unspecified atom stereocenters. The SMILES string of the molecule is Cn1ncc(Cl)c1C(NN)c1cccc(Cl)c1. The summed E-state index contributed by atoms with van der Waals surface area (Å²) >= 11 is 12.1. The molecular weight excluding hydrogens is 259 g/mol. The molecule has 0 aliphatic carbocycles. The Morgan fingerprint density at radius 2 is 2.18 bits per heavy atom. The molecule has 1 aromatic heterocycles. The van der Waals surface area contributed by atoms with Gasteiger partial charge in [0.1, 0.15) is 0 Å². The molecular formula is C11H12Cl2N4. The van der Waals surface area contributed by atoms with E-state index >= 15 is 0 Å². The average Bonchev–Trinajstić information content (AvgIpc) is 2.62. The molecule has 4 nitrogen and oxygen atoms in total. The lowest BCUT2D eigenvalue weighted by Gasteiger charge is -2.17. The molecule has 17 heavy (non-hydrogen) atoms. The molecule has 0 amide bonds. The maximum atomic E-state index is 6.10. The first kappa shape index (κ1) is 12.4. The van der Waals surface area contributed by atoms with Crippen LogP contribution in [0.1, 0.15) is 17.3 Å². The highest BCUT2D eigenvalue weighted by Crippen LogP contribution is 2.28. The van der Waals surface area contributed by atoms with Gasteiger partial charge < -0.3 is 0 Å². The summed E-state index contributed by atoms with van der Waals surface area (Å²) < 4.78 is 1.69. The Morgan fingerprint density at radius 3 is 2.71 bits per heavy atom. The van der Waals surface area contributed by atoms with Crippen molar-refractivity contribution in [3.8, 4) is 0 Å². The van der Waals surface area contributed by atoms with Gasteiger partial charge in [0.2, 0.25) is 0 Å². The van der Waals surface area contributed by atoms with Crippen LogP contribution in [-0.4, -0.2) is 9.78 Å². The van der Waals surface area contributed by atoms with Gasteiger partial charge in [0.15, 0.2) is 0 Å². The van der Waals surface area contributed by atoms with E-state index < -0.39 is 0 Å². The summed E-state index contributed by atoms with van der Waals surface area (Å²) in [6, 6.07) is 7.21. The number of rotatable bonds is 3. The zero-order valence-corrected chi connectivity index (χ0v) is 10.7. The largest absolute Gasteiger partial charge is 0.271 e. The summed E-state index contributed by atoms with van der Waals surface area (Å²) in [6.07, 6.45) is 1.59. The number of hydrazine groups is 1. The summed E-state index contributed by atoms with van der Waals surface area (Å²) in [5.74, 6) is 5.59. The number of aryl methyl sites for hydroxylation is 1. The van der Waals surface area contributed by atoms with Gasteiger partial charge in [0, 0.05) is 12.1 Å². The van der Waals surface area contributed by atoms with Crippen LogP contribution in [0.2, 0.25) is 10.0 Å². The number of halogens is 2. The van der Waals surface area contributed by atoms with Gasteiger partial charge in [-0.2, -0.15) is 5.10 Å². The lowest BCUT2D eigenvalue weighted by molar-refractivity contribution is 0.575. The fourth-order valence-electron chi connectivity index (χ4n) is 1.76. The predicted octanol–water partition coefficient (Wildman–Crippen LogP) is 2.28. The second-order valence-corrected chi connectivity index (χ2v) is 4.50. The molecule has 0 saturated carbocycles. The minimum Gasteiger partial charge on any atom is -0.271 e. The van der Waals surface area contributed by atoms with Crippen LogP contribution in [0.15, 0.2) is 30.5 Å². The molecule has 0 aliphatic heterocycles. The van der Waals surface area contributed by atoms with Crippen molar-refractivity contribution in [1.82, 2.24) is 15.2 Å². The Morgan fingerprint density at radius 1 is 1.41 bits per heavy atom. The van der Waals surface area contributed by atoms with Gasteiger partial charge in [-0.05, 0) is 17.7 Å². The summed E-state index contributed by atoms with van der Waals surface area (Å²) in [4.78, 5) is 0. The monoisotopic (exact) mass is 270 g/mol. The van der Waals surface area contributed by atoms with Gasteiger partial charge in [0.25, 0.3) is 0 Å². The van der Waals surface area contributed by atoms with Crippen molar-refractivity contribution in [2.24, 2.45) is 12.9 Å². The van der Waals surface area contributed by atoms with Crippen molar-refractivity contribution in [3.05, 3.63) is 51.8 Å². The number of aromatic nitrogens is 2. The number of nitrogens with one attached hydrogen (secondary N) is 1. The third-order valence-electron chi connectivity index (χ3n) is 2.56. The fourth-order valence-corrected chi connectivity index (χ4v) is 2.24. The van der Waals surface area contributed by atoms with E-state index in [2.05, 4.69) is 10.5 Å². The zero-order chi connectivity index (χ0) is 12.4. The molecule has 1 aromatic carbocycles. The molecule has 3 N–H and O–H groups in total. The van der Waals surface area contributed by atoms with Gasteiger partial charge in [0.05, 0.1) is 23.0 Å². The van der Waals surface area contributed by atoms with Crippen molar-refractivity contribution in [3.63, 3.8) is 0 Å². The van der Waals surface area contributed by atoms with Gasteiger partial charge in [-0.15, -0.1) is 0 Å². The van der Waals surface area contributed by atoms with Crippen molar-refractivity contribution < 1.29 is 0 Å².